The standard InChI is InChI=1S/C10H24O9P2/c1-6-8(3)16-10(5,17-9(4)7-2)18-21(14,15)19-20(11,12)13/h8-9H,6-7H2,1-5H3,(H,14,15)(H2,11,12,13). The zero-order valence-corrected chi connectivity index (χ0v) is 14.5. The van der Waals surface area contributed by atoms with E-state index in [9.17, 15) is 14.0 Å². The van der Waals surface area contributed by atoms with Gasteiger partial charge < -0.3 is 24.2 Å². The molecule has 128 valence electrons. The van der Waals surface area contributed by atoms with Gasteiger partial charge in [0.25, 0.3) is 5.97 Å². The third-order valence-corrected chi connectivity index (χ3v) is 4.71. The highest BCUT2D eigenvalue weighted by molar-refractivity contribution is 7.60. The second-order valence-corrected chi connectivity index (χ2v) is 7.42. The lowest BCUT2D eigenvalue weighted by Crippen LogP contribution is -2.40. The molecular formula is C10H24O9P2. The van der Waals surface area contributed by atoms with E-state index < -0.39 is 21.6 Å². The van der Waals surface area contributed by atoms with Crippen molar-refractivity contribution in [3.63, 3.8) is 0 Å². The molecule has 0 aliphatic rings. The van der Waals surface area contributed by atoms with Crippen molar-refractivity contribution in [2.75, 3.05) is 0 Å². The van der Waals surface area contributed by atoms with Gasteiger partial charge >= 0.3 is 15.6 Å². The van der Waals surface area contributed by atoms with Gasteiger partial charge in [0.2, 0.25) is 0 Å². The molecule has 11 heteroatoms. The Kier molecular flexibility index (Phi) is 8.22. The monoisotopic (exact) mass is 350 g/mol. The molecule has 3 N–H and O–H groups in total. The Morgan fingerprint density at radius 1 is 1.00 bits per heavy atom. The van der Waals surface area contributed by atoms with Crippen LogP contribution in [0.3, 0.4) is 0 Å². The Labute approximate surface area is 124 Å². The Morgan fingerprint density at radius 3 is 1.67 bits per heavy atom. The fourth-order valence-corrected chi connectivity index (χ4v) is 3.04. The van der Waals surface area contributed by atoms with Crippen molar-refractivity contribution < 1.29 is 42.1 Å². The molecule has 3 atom stereocenters. The van der Waals surface area contributed by atoms with Gasteiger partial charge in [0.15, 0.2) is 0 Å². The van der Waals surface area contributed by atoms with E-state index >= 15 is 0 Å². The van der Waals surface area contributed by atoms with Gasteiger partial charge in [-0.3, -0.25) is 0 Å². The number of phosphoric ester groups is 1. The summed E-state index contributed by atoms with van der Waals surface area (Å²) in [5.74, 6) is -1.98. The highest BCUT2D eigenvalue weighted by Crippen LogP contribution is 2.59. The molecule has 0 saturated heterocycles. The summed E-state index contributed by atoms with van der Waals surface area (Å²) in [6.07, 6.45) is 0.374. The van der Waals surface area contributed by atoms with Gasteiger partial charge in [-0.15, -0.1) is 0 Å². The van der Waals surface area contributed by atoms with Crippen LogP contribution in [0.1, 0.15) is 47.5 Å². The van der Waals surface area contributed by atoms with Gasteiger partial charge in [0.05, 0.1) is 12.2 Å². The van der Waals surface area contributed by atoms with Gasteiger partial charge in [-0.2, -0.15) is 4.31 Å². The summed E-state index contributed by atoms with van der Waals surface area (Å²) in [7, 11) is -10.3. The maximum absolute atomic E-state index is 11.6. The van der Waals surface area contributed by atoms with E-state index in [0.717, 1.165) is 0 Å². The summed E-state index contributed by atoms with van der Waals surface area (Å²) >= 11 is 0. The molecular weight excluding hydrogens is 326 g/mol. The molecule has 9 nitrogen and oxygen atoms in total. The number of rotatable bonds is 10. The zero-order chi connectivity index (χ0) is 16.9. The van der Waals surface area contributed by atoms with E-state index in [0.29, 0.717) is 12.8 Å². The van der Waals surface area contributed by atoms with Crippen LogP contribution in [0.2, 0.25) is 0 Å². The van der Waals surface area contributed by atoms with E-state index in [1.807, 2.05) is 13.8 Å². The zero-order valence-electron chi connectivity index (χ0n) is 12.8. The molecule has 3 unspecified atom stereocenters. The van der Waals surface area contributed by atoms with E-state index in [-0.39, 0.29) is 12.2 Å². The van der Waals surface area contributed by atoms with Crippen LogP contribution in [-0.2, 0) is 27.4 Å². The first-order valence-electron chi connectivity index (χ1n) is 6.48. The number of hydrogen-bond donors (Lipinski definition) is 3. The summed E-state index contributed by atoms with van der Waals surface area (Å²) in [4.78, 5) is 26.6. The summed E-state index contributed by atoms with van der Waals surface area (Å²) in [5.41, 5.74) is 0. The molecule has 0 aromatic heterocycles. The predicted molar refractivity (Wildman–Crippen MR) is 74.1 cm³/mol. The first-order chi connectivity index (χ1) is 9.32. The van der Waals surface area contributed by atoms with Crippen molar-refractivity contribution in [1.82, 2.24) is 0 Å². The molecule has 0 spiro atoms. The molecule has 0 aliphatic carbocycles. The fourth-order valence-electron chi connectivity index (χ4n) is 1.33. The molecule has 0 aromatic rings. The number of phosphoric acid groups is 2. The minimum Gasteiger partial charge on any atom is -0.324 e. The molecule has 21 heavy (non-hydrogen) atoms. The lowest BCUT2D eigenvalue weighted by atomic mass is 10.3. The average Bonchev–Trinajstić information content (AvgIpc) is 2.23. The second kappa shape index (κ2) is 8.15. The Balaban J connectivity index is 5.12. The van der Waals surface area contributed by atoms with E-state index in [1.165, 1.54) is 6.92 Å². The average molecular weight is 350 g/mol. The van der Waals surface area contributed by atoms with Gasteiger partial charge in [0, 0.05) is 6.92 Å². The van der Waals surface area contributed by atoms with E-state index in [2.05, 4.69) is 4.31 Å². The minimum atomic E-state index is -5.20. The normalized spacial score (nSPS) is 21.3. The molecule has 0 rings (SSSR count). The summed E-state index contributed by atoms with van der Waals surface area (Å²) in [6.45, 7) is 8.25. The molecule has 0 saturated carbocycles. The van der Waals surface area contributed by atoms with Crippen LogP contribution in [0.5, 0.6) is 0 Å². The van der Waals surface area contributed by atoms with Crippen molar-refractivity contribution in [2.24, 2.45) is 0 Å². The maximum Gasteiger partial charge on any atom is 0.485 e. The minimum absolute atomic E-state index is 0.380. The van der Waals surface area contributed by atoms with Gasteiger partial charge in [-0.25, -0.2) is 13.7 Å². The van der Waals surface area contributed by atoms with Crippen molar-refractivity contribution >= 4 is 15.6 Å². The fraction of sp³-hybridized carbons (Fsp3) is 1.00. The quantitative estimate of drug-likeness (QED) is 0.401. The highest BCUT2D eigenvalue weighted by Gasteiger charge is 2.43. The Hall–Kier alpha value is 0.180. The second-order valence-electron chi connectivity index (χ2n) is 4.67. The molecule has 0 heterocycles. The largest absolute Gasteiger partial charge is 0.485 e. The van der Waals surface area contributed by atoms with Crippen LogP contribution in [0.15, 0.2) is 0 Å². The SMILES string of the molecule is CCC(C)OC(C)(OC(C)CC)OP(=O)(O)OP(=O)(O)O. The number of hydrogen-bond acceptors (Lipinski definition) is 6. The predicted octanol–water partition coefficient (Wildman–Crippen LogP) is 2.52. The van der Waals surface area contributed by atoms with Crippen molar-refractivity contribution in [2.45, 2.75) is 65.6 Å². The molecule has 0 aliphatic heterocycles. The first kappa shape index (κ1) is 21.2. The molecule has 0 aromatic carbocycles. The van der Waals surface area contributed by atoms with Gasteiger partial charge in [-0.05, 0) is 26.7 Å². The van der Waals surface area contributed by atoms with Crippen molar-refractivity contribution in [3.05, 3.63) is 0 Å². The van der Waals surface area contributed by atoms with Gasteiger partial charge in [0.1, 0.15) is 0 Å². The van der Waals surface area contributed by atoms with Crippen LogP contribution in [0.25, 0.3) is 0 Å². The van der Waals surface area contributed by atoms with E-state index in [4.69, 9.17) is 23.8 Å². The van der Waals surface area contributed by atoms with Crippen LogP contribution < -0.4 is 0 Å². The summed E-state index contributed by atoms with van der Waals surface area (Å²) in [5, 5.41) is 0. The molecule has 0 bridgehead atoms. The lowest BCUT2D eigenvalue weighted by molar-refractivity contribution is -0.363. The Bertz CT molecular complexity index is 395. The van der Waals surface area contributed by atoms with Gasteiger partial charge in [-0.1, -0.05) is 13.8 Å². The third-order valence-electron chi connectivity index (χ3n) is 2.47. The van der Waals surface area contributed by atoms with Crippen molar-refractivity contribution in [3.8, 4) is 0 Å². The molecule has 0 radical (unpaired) electrons. The Morgan fingerprint density at radius 2 is 1.38 bits per heavy atom. The smallest absolute Gasteiger partial charge is 0.324 e. The maximum atomic E-state index is 11.6. The van der Waals surface area contributed by atoms with Crippen LogP contribution in [0, 0.1) is 0 Å². The van der Waals surface area contributed by atoms with E-state index in [1.54, 1.807) is 13.8 Å². The number of ether oxygens (including phenoxy) is 2. The summed E-state index contributed by atoms with van der Waals surface area (Å²) in [6, 6.07) is 0. The van der Waals surface area contributed by atoms with Crippen molar-refractivity contribution in [1.29, 1.82) is 0 Å². The summed E-state index contributed by atoms with van der Waals surface area (Å²) < 4.78 is 41.6. The molecule has 0 fully saturated rings. The lowest BCUT2D eigenvalue weighted by Gasteiger charge is -2.34. The van der Waals surface area contributed by atoms with Crippen LogP contribution in [0.4, 0.5) is 0 Å². The third kappa shape index (κ3) is 9.73. The highest BCUT2D eigenvalue weighted by atomic mass is 31.3. The first-order valence-corrected chi connectivity index (χ1v) is 9.51. The van der Waals surface area contributed by atoms with Crippen LogP contribution >= 0.6 is 15.6 Å². The topological polar surface area (TPSA) is 132 Å². The molecule has 0 amide bonds. The van der Waals surface area contributed by atoms with Crippen LogP contribution in [-0.4, -0.2) is 32.9 Å².